The molecule has 1 saturated carbocycles. The maximum Gasteiger partial charge on any atom is -0.0355 e. The highest BCUT2D eigenvalue weighted by molar-refractivity contribution is 4.90. The van der Waals surface area contributed by atoms with Gasteiger partial charge in [0.1, 0.15) is 0 Å². The first-order valence-corrected chi connectivity index (χ1v) is 6.02. The molecule has 78 valence electrons. The van der Waals surface area contributed by atoms with Crippen molar-refractivity contribution in [1.82, 2.24) is 0 Å². The fraction of sp³-hybridized carbons (Fsp3) is 1.00. The van der Waals surface area contributed by atoms with E-state index >= 15 is 0 Å². The van der Waals surface area contributed by atoms with E-state index in [1.807, 2.05) is 0 Å². The highest BCUT2D eigenvalue weighted by Crippen LogP contribution is 2.49. The minimum Gasteiger partial charge on any atom is -0.0628 e. The Hall–Kier alpha value is 0. The molecule has 13 heavy (non-hydrogen) atoms. The lowest BCUT2D eigenvalue weighted by Crippen LogP contribution is -2.07. The Bertz CT molecular complexity index is 146. The molecule has 0 aromatic heterocycles. The first-order valence-electron chi connectivity index (χ1n) is 6.02. The minimum atomic E-state index is 0.883. The average Bonchev–Trinajstić information content (AvgIpc) is 2.78. The quantitative estimate of drug-likeness (QED) is 0.593. The molecule has 1 aliphatic carbocycles. The molecular weight excluding hydrogens is 156 g/mol. The van der Waals surface area contributed by atoms with Crippen LogP contribution in [-0.4, -0.2) is 0 Å². The molecule has 0 saturated heterocycles. The van der Waals surface area contributed by atoms with Gasteiger partial charge in [-0.1, -0.05) is 41.0 Å². The molecule has 0 N–H and O–H groups in total. The molecule has 0 heterocycles. The van der Waals surface area contributed by atoms with Gasteiger partial charge in [-0.2, -0.15) is 0 Å². The zero-order valence-electron chi connectivity index (χ0n) is 10.0. The van der Waals surface area contributed by atoms with Gasteiger partial charge in [-0.3, -0.25) is 0 Å². The summed E-state index contributed by atoms with van der Waals surface area (Å²) in [5.74, 6) is 4.89. The fourth-order valence-electron chi connectivity index (χ4n) is 2.29. The second kappa shape index (κ2) is 4.48. The van der Waals surface area contributed by atoms with Crippen molar-refractivity contribution in [2.75, 3.05) is 0 Å². The molecule has 3 unspecified atom stereocenters. The molecule has 3 atom stereocenters. The minimum absolute atomic E-state index is 0.883. The number of rotatable bonds is 5. The van der Waals surface area contributed by atoms with Crippen LogP contribution in [0, 0.1) is 29.6 Å². The molecule has 0 bridgehead atoms. The molecular formula is C13H26. The predicted octanol–water partition coefficient (Wildman–Crippen LogP) is 4.35. The van der Waals surface area contributed by atoms with Crippen molar-refractivity contribution in [3.05, 3.63) is 0 Å². The monoisotopic (exact) mass is 182 g/mol. The van der Waals surface area contributed by atoms with Crippen molar-refractivity contribution >= 4 is 0 Å². The van der Waals surface area contributed by atoms with Gasteiger partial charge in [-0.05, 0) is 42.4 Å². The summed E-state index contributed by atoms with van der Waals surface area (Å²) in [6, 6.07) is 0. The van der Waals surface area contributed by atoms with E-state index in [4.69, 9.17) is 0 Å². The molecule has 1 rings (SSSR count). The normalized spacial score (nSPS) is 29.8. The molecule has 0 aliphatic heterocycles. The largest absolute Gasteiger partial charge is 0.0628 e. The summed E-state index contributed by atoms with van der Waals surface area (Å²) in [5, 5.41) is 0. The predicted molar refractivity (Wildman–Crippen MR) is 59.7 cm³/mol. The second-order valence-electron chi connectivity index (χ2n) is 5.73. The van der Waals surface area contributed by atoms with Crippen LogP contribution >= 0.6 is 0 Å². The molecule has 0 spiro atoms. The molecule has 0 aromatic rings. The molecule has 0 nitrogen and oxygen atoms in total. The highest BCUT2D eigenvalue weighted by atomic mass is 14.5. The third-order valence-electron chi connectivity index (χ3n) is 3.82. The smallest absolute Gasteiger partial charge is 0.0355 e. The summed E-state index contributed by atoms with van der Waals surface area (Å²) in [6.07, 6.45) is 4.44. The van der Waals surface area contributed by atoms with Gasteiger partial charge in [0.15, 0.2) is 0 Å². The topological polar surface area (TPSA) is 0 Å². The van der Waals surface area contributed by atoms with E-state index in [-0.39, 0.29) is 0 Å². The molecule has 0 aromatic carbocycles. The van der Waals surface area contributed by atoms with E-state index in [1.54, 1.807) is 0 Å². The van der Waals surface area contributed by atoms with Crippen LogP contribution in [0.1, 0.15) is 53.9 Å². The van der Waals surface area contributed by atoms with Crippen LogP contribution in [0.25, 0.3) is 0 Å². The van der Waals surface area contributed by atoms with Gasteiger partial charge in [0.2, 0.25) is 0 Å². The van der Waals surface area contributed by atoms with Crippen molar-refractivity contribution in [2.45, 2.75) is 53.9 Å². The van der Waals surface area contributed by atoms with E-state index in [1.165, 1.54) is 19.3 Å². The van der Waals surface area contributed by atoms with Crippen LogP contribution in [-0.2, 0) is 0 Å². The van der Waals surface area contributed by atoms with Gasteiger partial charge in [0.05, 0.1) is 0 Å². The van der Waals surface area contributed by atoms with Crippen molar-refractivity contribution in [3.8, 4) is 0 Å². The van der Waals surface area contributed by atoms with Crippen LogP contribution in [0.4, 0.5) is 0 Å². The van der Waals surface area contributed by atoms with Crippen molar-refractivity contribution in [3.63, 3.8) is 0 Å². The third-order valence-corrected chi connectivity index (χ3v) is 3.82. The summed E-state index contributed by atoms with van der Waals surface area (Å²) in [4.78, 5) is 0. The van der Waals surface area contributed by atoms with Crippen LogP contribution in [0.3, 0.4) is 0 Å². The maximum absolute atomic E-state index is 2.44. The van der Waals surface area contributed by atoms with Gasteiger partial charge in [0, 0.05) is 0 Å². The fourth-order valence-corrected chi connectivity index (χ4v) is 2.29. The summed E-state index contributed by atoms with van der Waals surface area (Å²) < 4.78 is 0. The van der Waals surface area contributed by atoms with Crippen LogP contribution in [0.5, 0.6) is 0 Å². The summed E-state index contributed by atoms with van der Waals surface area (Å²) in [6.45, 7) is 11.8. The molecule has 1 aliphatic rings. The third kappa shape index (κ3) is 3.32. The Labute approximate surface area is 84.1 Å². The number of hydrogen-bond donors (Lipinski definition) is 0. The highest BCUT2D eigenvalue weighted by Gasteiger charge is 2.40. The summed E-state index contributed by atoms with van der Waals surface area (Å²) >= 11 is 0. The van der Waals surface area contributed by atoms with Crippen molar-refractivity contribution in [2.24, 2.45) is 29.6 Å². The Morgan fingerprint density at radius 3 is 2.15 bits per heavy atom. The average molecular weight is 182 g/mol. The van der Waals surface area contributed by atoms with E-state index in [0.29, 0.717) is 0 Å². The molecule has 0 heteroatoms. The van der Waals surface area contributed by atoms with E-state index in [9.17, 15) is 0 Å². The summed E-state index contributed by atoms with van der Waals surface area (Å²) in [5.41, 5.74) is 0. The first kappa shape index (κ1) is 11.1. The lowest BCUT2D eigenvalue weighted by molar-refractivity contribution is 0.345. The van der Waals surface area contributed by atoms with Crippen molar-refractivity contribution < 1.29 is 0 Å². The SMILES string of the molecule is CC(C)CCC1CC1C(C)C(C)C. The maximum atomic E-state index is 2.44. The Morgan fingerprint density at radius 2 is 1.69 bits per heavy atom. The second-order valence-corrected chi connectivity index (χ2v) is 5.73. The van der Waals surface area contributed by atoms with Gasteiger partial charge in [0.25, 0.3) is 0 Å². The van der Waals surface area contributed by atoms with Crippen molar-refractivity contribution in [1.29, 1.82) is 0 Å². The van der Waals surface area contributed by atoms with E-state index in [2.05, 4.69) is 34.6 Å². The standard InChI is InChI=1S/C13H26/c1-9(2)6-7-12-8-13(12)11(5)10(3)4/h9-13H,6-8H2,1-5H3. The zero-order chi connectivity index (χ0) is 10.0. The van der Waals surface area contributed by atoms with Crippen LogP contribution in [0.2, 0.25) is 0 Å². The van der Waals surface area contributed by atoms with E-state index in [0.717, 1.165) is 29.6 Å². The number of hydrogen-bond acceptors (Lipinski definition) is 0. The lowest BCUT2D eigenvalue weighted by atomic mass is 9.91. The molecule has 0 amide bonds. The van der Waals surface area contributed by atoms with E-state index < -0.39 is 0 Å². The van der Waals surface area contributed by atoms with Gasteiger partial charge < -0.3 is 0 Å². The Balaban J connectivity index is 2.15. The van der Waals surface area contributed by atoms with Gasteiger partial charge >= 0.3 is 0 Å². The summed E-state index contributed by atoms with van der Waals surface area (Å²) in [7, 11) is 0. The Kier molecular flexibility index (Phi) is 3.82. The zero-order valence-corrected chi connectivity index (χ0v) is 10.0. The Morgan fingerprint density at radius 1 is 1.08 bits per heavy atom. The first-order chi connectivity index (χ1) is 6.02. The van der Waals surface area contributed by atoms with Crippen LogP contribution < -0.4 is 0 Å². The van der Waals surface area contributed by atoms with Gasteiger partial charge in [-0.25, -0.2) is 0 Å². The lowest BCUT2D eigenvalue weighted by Gasteiger charge is -2.15. The molecule has 0 radical (unpaired) electrons. The van der Waals surface area contributed by atoms with Crippen LogP contribution in [0.15, 0.2) is 0 Å². The molecule has 1 fully saturated rings. The van der Waals surface area contributed by atoms with Gasteiger partial charge in [-0.15, -0.1) is 0 Å².